The van der Waals surface area contributed by atoms with Gasteiger partial charge in [0.1, 0.15) is 12.7 Å². The number of rotatable bonds is 3. The summed E-state index contributed by atoms with van der Waals surface area (Å²) in [7, 11) is 0. The fourth-order valence-corrected chi connectivity index (χ4v) is 2.03. The van der Waals surface area contributed by atoms with Crippen LogP contribution in [0.5, 0.6) is 0 Å². The molecule has 1 aliphatic rings. The van der Waals surface area contributed by atoms with Crippen LogP contribution >= 0.6 is 0 Å². The van der Waals surface area contributed by atoms with Crippen molar-refractivity contribution in [3.8, 4) is 0 Å². The predicted octanol–water partition coefficient (Wildman–Crippen LogP) is 0.704. The molecule has 1 aromatic rings. The Bertz CT molecular complexity index is 455. The summed E-state index contributed by atoms with van der Waals surface area (Å²) in [6, 6.07) is 3.33. The van der Waals surface area contributed by atoms with Crippen LogP contribution in [-0.4, -0.2) is 83.1 Å². The van der Waals surface area contributed by atoms with E-state index in [1.54, 1.807) is 18.3 Å². The van der Waals surface area contributed by atoms with Crippen LogP contribution in [0.2, 0.25) is 0 Å². The molecule has 0 radical (unpaired) electrons. The lowest BCUT2D eigenvalue weighted by Gasteiger charge is -2.18. The van der Waals surface area contributed by atoms with Crippen LogP contribution in [0.4, 0.5) is 0 Å². The largest absolute Gasteiger partial charge is 0.459 e. The summed E-state index contributed by atoms with van der Waals surface area (Å²) in [6.45, 7) is 4.21. The van der Waals surface area contributed by atoms with Gasteiger partial charge in [0.2, 0.25) is 0 Å². The van der Waals surface area contributed by atoms with Crippen molar-refractivity contribution in [2.24, 2.45) is 0 Å². The molecule has 0 aromatic carbocycles. The Hall–Kier alpha value is -1.58. The summed E-state index contributed by atoms with van der Waals surface area (Å²) >= 11 is 0. The molecule has 0 aliphatic carbocycles. The quantitative estimate of drug-likeness (QED) is 0.733. The molecular formula is C17H25NO7. The molecule has 25 heavy (non-hydrogen) atoms. The molecule has 0 N–H and O–H groups in total. The molecule has 0 saturated carbocycles. The molecule has 1 atom stereocenters. The zero-order valence-corrected chi connectivity index (χ0v) is 14.3. The minimum atomic E-state index is -0.440. The third-order valence-corrected chi connectivity index (χ3v) is 3.30. The van der Waals surface area contributed by atoms with Gasteiger partial charge >= 0.3 is 5.97 Å². The molecule has 2 rings (SSSR count). The Morgan fingerprint density at radius 2 is 1.64 bits per heavy atom. The maximum Gasteiger partial charge on any atom is 0.339 e. The van der Waals surface area contributed by atoms with Crippen LogP contribution in [0.15, 0.2) is 24.5 Å². The van der Waals surface area contributed by atoms with Crippen LogP contribution in [0.1, 0.15) is 10.4 Å². The van der Waals surface area contributed by atoms with E-state index in [-0.39, 0.29) is 12.7 Å². The minimum Gasteiger partial charge on any atom is -0.459 e. The Kier molecular flexibility index (Phi) is 10.1. The molecule has 0 bridgehead atoms. The number of pyridine rings is 1. The molecule has 2 heterocycles. The molecule has 8 heteroatoms. The second-order valence-corrected chi connectivity index (χ2v) is 5.24. The molecule has 0 amide bonds. The number of hydrogen-bond donors (Lipinski definition) is 0. The highest BCUT2D eigenvalue weighted by Crippen LogP contribution is 2.02. The van der Waals surface area contributed by atoms with E-state index < -0.39 is 5.97 Å². The van der Waals surface area contributed by atoms with E-state index in [4.69, 9.17) is 28.4 Å². The van der Waals surface area contributed by atoms with Gasteiger partial charge < -0.3 is 28.4 Å². The first-order valence-corrected chi connectivity index (χ1v) is 8.36. The van der Waals surface area contributed by atoms with Gasteiger partial charge in [-0.15, -0.1) is 0 Å². The van der Waals surface area contributed by atoms with Crippen LogP contribution in [-0.2, 0) is 28.4 Å². The number of hydrogen-bond acceptors (Lipinski definition) is 8. The van der Waals surface area contributed by atoms with Gasteiger partial charge in [-0.3, -0.25) is 4.98 Å². The third-order valence-electron chi connectivity index (χ3n) is 3.30. The van der Waals surface area contributed by atoms with Crippen molar-refractivity contribution >= 4 is 5.97 Å². The topological polar surface area (TPSA) is 85.3 Å². The summed E-state index contributed by atoms with van der Waals surface area (Å²) < 4.78 is 32.6. The summed E-state index contributed by atoms with van der Waals surface area (Å²) in [6.07, 6.45) is 2.69. The fraction of sp³-hybridized carbons (Fsp3) is 0.647. The second-order valence-electron chi connectivity index (χ2n) is 5.24. The van der Waals surface area contributed by atoms with Gasteiger partial charge in [-0.2, -0.15) is 0 Å². The maximum atomic E-state index is 12.0. The molecular weight excluding hydrogens is 330 g/mol. The zero-order chi connectivity index (χ0) is 17.6. The number of ether oxygens (including phenoxy) is 6. The Balaban J connectivity index is 1.75. The van der Waals surface area contributed by atoms with Crippen molar-refractivity contribution in [1.82, 2.24) is 4.98 Å². The van der Waals surface area contributed by atoms with E-state index in [0.717, 1.165) is 0 Å². The highest BCUT2D eigenvalue weighted by atomic mass is 16.6. The number of esters is 1. The summed E-state index contributed by atoms with van der Waals surface area (Å²) in [5.74, 6) is -0.440. The van der Waals surface area contributed by atoms with E-state index >= 15 is 0 Å². The van der Waals surface area contributed by atoms with Crippen LogP contribution < -0.4 is 0 Å². The van der Waals surface area contributed by atoms with E-state index in [9.17, 15) is 4.79 Å². The van der Waals surface area contributed by atoms with Crippen molar-refractivity contribution in [1.29, 1.82) is 0 Å². The van der Waals surface area contributed by atoms with Gasteiger partial charge in [0, 0.05) is 12.4 Å². The molecule has 140 valence electrons. The standard InChI is InChI=1S/C17H25NO7/c19-17(15-2-1-3-18-12-15)25-14-16-13-23-9-8-21-5-4-20-6-7-22-10-11-24-16/h1-3,12,16H,4-11,13-14H2. The molecule has 1 aromatic heterocycles. The van der Waals surface area contributed by atoms with Crippen molar-refractivity contribution in [2.75, 3.05) is 66.1 Å². The second kappa shape index (κ2) is 12.7. The predicted molar refractivity (Wildman–Crippen MR) is 87.5 cm³/mol. The monoisotopic (exact) mass is 355 g/mol. The first kappa shape index (κ1) is 19.7. The average molecular weight is 355 g/mol. The molecule has 0 spiro atoms. The van der Waals surface area contributed by atoms with Crippen molar-refractivity contribution < 1.29 is 33.2 Å². The Morgan fingerprint density at radius 3 is 2.28 bits per heavy atom. The molecule has 1 saturated heterocycles. The number of carbonyl (C=O) groups excluding carboxylic acids is 1. The smallest absolute Gasteiger partial charge is 0.339 e. The Morgan fingerprint density at radius 1 is 1.00 bits per heavy atom. The van der Waals surface area contributed by atoms with Gasteiger partial charge in [-0.1, -0.05) is 0 Å². The number of carbonyl (C=O) groups is 1. The fourth-order valence-electron chi connectivity index (χ4n) is 2.03. The van der Waals surface area contributed by atoms with Crippen molar-refractivity contribution in [2.45, 2.75) is 6.10 Å². The first-order valence-electron chi connectivity index (χ1n) is 8.36. The van der Waals surface area contributed by atoms with Crippen LogP contribution in [0.25, 0.3) is 0 Å². The number of nitrogens with zero attached hydrogens (tertiary/aromatic N) is 1. The lowest BCUT2D eigenvalue weighted by molar-refractivity contribution is -0.0689. The first-order chi connectivity index (χ1) is 12.4. The maximum absolute atomic E-state index is 12.0. The van der Waals surface area contributed by atoms with Gasteiger partial charge in [0.05, 0.1) is 65.0 Å². The lowest BCUT2D eigenvalue weighted by atomic mass is 10.3. The molecule has 1 aliphatic heterocycles. The van der Waals surface area contributed by atoms with Crippen LogP contribution in [0, 0.1) is 0 Å². The van der Waals surface area contributed by atoms with Crippen molar-refractivity contribution in [3.05, 3.63) is 30.1 Å². The summed E-state index contributed by atoms with van der Waals surface area (Å²) in [5, 5.41) is 0. The molecule has 8 nitrogen and oxygen atoms in total. The summed E-state index contributed by atoms with van der Waals surface area (Å²) in [4.78, 5) is 15.9. The molecule has 1 unspecified atom stereocenters. The van der Waals surface area contributed by atoms with Gasteiger partial charge in [0.15, 0.2) is 0 Å². The molecule has 1 fully saturated rings. The number of aromatic nitrogens is 1. The lowest BCUT2D eigenvalue weighted by Crippen LogP contribution is -2.29. The van der Waals surface area contributed by atoms with E-state index in [2.05, 4.69) is 4.98 Å². The van der Waals surface area contributed by atoms with Gasteiger partial charge in [-0.05, 0) is 12.1 Å². The van der Waals surface area contributed by atoms with Crippen molar-refractivity contribution in [3.63, 3.8) is 0 Å². The van der Waals surface area contributed by atoms with Gasteiger partial charge in [-0.25, -0.2) is 4.79 Å². The Labute approximate surface area is 147 Å². The van der Waals surface area contributed by atoms with Crippen LogP contribution in [0.3, 0.4) is 0 Å². The van der Waals surface area contributed by atoms with E-state index in [1.165, 1.54) is 6.20 Å². The van der Waals surface area contributed by atoms with E-state index in [1.807, 2.05) is 0 Å². The third kappa shape index (κ3) is 8.89. The normalized spacial score (nSPS) is 21.7. The SMILES string of the molecule is O=C(OCC1COCCOCCOCCOCCO1)c1cccnc1. The zero-order valence-electron chi connectivity index (χ0n) is 14.3. The average Bonchev–Trinajstić information content (AvgIpc) is 2.66. The summed E-state index contributed by atoms with van der Waals surface area (Å²) in [5.41, 5.74) is 0.400. The van der Waals surface area contributed by atoms with Gasteiger partial charge in [0.25, 0.3) is 0 Å². The minimum absolute atomic E-state index is 0.0949. The van der Waals surface area contributed by atoms with E-state index in [0.29, 0.717) is 65.0 Å². The highest BCUT2D eigenvalue weighted by molar-refractivity contribution is 5.88. The highest BCUT2D eigenvalue weighted by Gasteiger charge is 2.14.